The van der Waals surface area contributed by atoms with Crippen molar-refractivity contribution in [1.82, 2.24) is 5.32 Å². The van der Waals surface area contributed by atoms with Crippen LogP contribution in [0.25, 0.3) is 0 Å². The van der Waals surface area contributed by atoms with Gasteiger partial charge in [0, 0.05) is 31.1 Å². The van der Waals surface area contributed by atoms with E-state index < -0.39 is 34.7 Å². The minimum atomic E-state index is -1.43. The lowest BCUT2D eigenvalue weighted by atomic mass is 9.92. The number of hydrogen-bond donors (Lipinski definition) is 1. The van der Waals surface area contributed by atoms with Crippen LogP contribution in [0.1, 0.15) is 25.3 Å². The molecule has 0 aliphatic carbocycles. The van der Waals surface area contributed by atoms with Crippen molar-refractivity contribution in [3.05, 3.63) is 35.4 Å². The van der Waals surface area contributed by atoms with Crippen molar-refractivity contribution in [3.8, 4) is 0 Å². The molecule has 0 radical (unpaired) electrons. The van der Waals surface area contributed by atoms with Crippen LogP contribution in [0.15, 0.2) is 23.4 Å². The predicted octanol–water partition coefficient (Wildman–Crippen LogP) is 1.30. The standard InChI is InChI=1S/C17H18F2N2O5/c1-16(14(22)20-17(15(23)24-2)3-4-25-9-17)8-13(21-26-16)10-5-11(18)7-12(19)6-10/h5-7H,3-4,8-9H2,1-2H3,(H,20,22). The summed E-state index contributed by atoms with van der Waals surface area (Å²) in [6.45, 7) is 1.77. The van der Waals surface area contributed by atoms with Crippen molar-refractivity contribution in [2.24, 2.45) is 5.16 Å². The summed E-state index contributed by atoms with van der Waals surface area (Å²) in [6, 6.07) is 2.96. The molecule has 2 atom stereocenters. The van der Waals surface area contributed by atoms with Crippen molar-refractivity contribution in [1.29, 1.82) is 0 Å². The molecule has 140 valence electrons. The highest BCUT2D eigenvalue weighted by molar-refractivity contribution is 6.06. The number of carbonyl (C=O) groups is 2. The molecule has 2 aliphatic rings. The maximum absolute atomic E-state index is 13.4. The van der Waals surface area contributed by atoms with E-state index >= 15 is 0 Å². The Morgan fingerprint density at radius 2 is 1.96 bits per heavy atom. The quantitative estimate of drug-likeness (QED) is 0.810. The van der Waals surface area contributed by atoms with E-state index in [2.05, 4.69) is 10.5 Å². The van der Waals surface area contributed by atoms with Gasteiger partial charge in [-0.05, 0) is 19.1 Å². The summed E-state index contributed by atoms with van der Waals surface area (Å²) in [5, 5.41) is 6.44. The van der Waals surface area contributed by atoms with E-state index in [4.69, 9.17) is 14.3 Å². The van der Waals surface area contributed by atoms with Gasteiger partial charge in [0.25, 0.3) is 5.91 Å². The first-order valence-electron chi connectivity index (χ1n) is 7.98. The fourth-order valence-electron chi connectivity index (χ4n) is 2.96. The molecule has 0 aromatic heterocycles. The zero-order valence-corrected chi connectivity index (χ0v) is 14.3. The number of carbonyl (C=O) groups excluding carboxylic acids is 2. The van der Waals surface area contributed by atoms with E-state index in [1.54, 1.807) is 0 Å². The summed E-state index contributed by atoms with van der Waals surface area (Å²) < 4.78 is 36.8. The molecule has 2 heterocycles. The minimum Gasteiger partial charge on any atom is -0.467 e. The summed E-state index contributed by atoms with van der Waals surface area (Å²) >= 11 is 0. The molecule has 26 heavy (non-hydrogen) atoms. The summed E-state index contributed by atoms with van der Waals surface area (Å²) in [6.07, 6.45) is 0.254. The van der Waals surface area contributed by atoms with E-state index in [1.807, 2.05) is 0 Å². The summed E-state index contributed by atoms with van der Waals surface area (Å²) in [7, 11) is 1.22. The molecule has 3 rings (SSSR count). The van der Waals surface area contributed by atoms with Crippen molar-refractivity contribution in [3.63, 3.8) is 0 Å². The molecule has 1 aromatic carbocycles. The Kier molecular flexibility index (Phi) is 4.66. The smallest absolute Gasteiger partial charge is 0.334 e. The molecule has 0 spiro atoms. The Balaban J connectivity index is 1.76. The Hall–Kier alpha value is -2.55. The first kappa shape index (κ1) is 18.2. The number of rotatable bonds is 4. The van der Waals surface area contributed by atoms with E-state index in [0.29, 0.717) is 6.61 Å². The van der Waals surface area contributed by atoms with Gasteiger partial charge >= 0.3 is 5.97 Å². The number of hydrogen-bond acceptors (Lipinski definition) is 6. The van der Waals surface area contributed by atoms with Gasteiger partial charge < -0.3 is 19.6 Å². The average molecular weight is 368 g/mol. The number of esters is 1. The van der Waals surface area contributed by atoms with E-state index in [9.17, 15) is 18.4 Å². The van der Waals surface area contributed by atoms with Crippen LogP contribution in [-0.4, -0.2) is 49.1 Å². The van der Waals surface area contributed by atoms with Gasteiger partial charge in [0.05, 0.1) is 19.4 Å². The average Bonchev–Trinajstić information content (AvgIpc) is 3.22. The lowest BCUT2D eigenvalue weighted by Gasteiger charge is -2.29. The molecule has 1 N–H and O–H groups in total. The molecular weight excluding hydrogens is 350 g/mol. The highest BCUT2D eigenvalue weighted by Crippen LogP contribution is 2.29. The lowest BCUT2D eigenvalue weighted by Crippen LogP contribution is -2.60. The zero-order valence-electron chi connectivity index (χ0n) is 14.3. The molecule has 1 saturated heterocycles. The van der Waals surface area contributed by atoms with Gasteiger partial charge in [-0.1, -0.05) is 5.16 Å². The SMILES string of the molecule is COC(=O)C1(NC(=O)C2(C)CC(c3cc(F)cc(F)c3)=NO2)CCOC1. The van der Waals surface area contributed by atoms with Gasteiger partial charge in [-0.15, -0.1) is 0 Å². The second kappa shape index (κ2) is 6.64. The van der Waals surface area contributed by atoms with Crippen LogP contribution < -0.4 is 5.32 Å². The van der Waals surface area contributed by atoms with Crippen LogP contribution >= 0.6 is 0 Å². The summed E-state index contributed by atoms with van der Waals surface area (Å²) in [5.41, 5.74) is -2.30. The van der Waals surface area contributed by atoms with Crippen molar-refractivity contribution >= 4 is 17.6 Å². The highest BCUT2D eigenvalue weighted by Gasteiger charge is 2.50. The second-order valence-corrected chi connectivity index (χ2v) is 6.53. The van der Waals surface area contributed by atoms with Gasteiger partial charge in [0.1, 0.15) is 11.6 Å². The molecule has 0 saturated carbocycles. The van der Waals surface area contributed by atoms with Crippen LogP contribution in [0.3, 0.4) is 0 Å². The summed E-state index contributed by atoms with van der Waals surface area (Å²) in [5.74, 6) is -2.72. The topological polar surface area (TPSA) is 86.2 Å². The zero-order chi connectivity index (χ0) is 18.9. The predicted molar refractivity (Wildman–Crippen MR) is 85.3 cm³/mol. The Morgan fingerprint density at radius 1 is 1.27 bits per heavy atom. The number of halogens is 2. The van der Waals surface area contributed by atoms with Crippen molar-refractivity contribution < 1.29 is 32.7 Å². The third-order valence-electron chi connectivity index (χ3n) is 4.49. The third-order valence-corrected chi connectivity index (χ3v) is 4.49. The largest absolute Gasteiger partial charge is 0.467 e. The fraction of sp³-hybridized carbons (Fsp3) is 0.471. The number of oxime groups is 1. The highest BCUT2D eigenvalue weighted by atomic mass is 19.1. The van der Waals surface area contributed by atoms with Crippen LogP contribution in [0, 0.1) is 11.6 Å². The molecule has 2 aliphatic heterocycles. The Bertz CT molecular complexity index is 756. The molecule has 2 unspecified atom stereocenters. The molecule has 9 heteroatoms. The maximum Gasteiger partial charge on any atom is 0.334 e. The number of ether oxygens (including phenoxy) is 2. The van der Waals surface area contributed by atoms with Crippen molar-refractivity contribution in [2.45, 2.75) is 30.9 Å². The van der Waals surface area contributed by atoms with E-state index in [-0.39, 0.29) is 30.7 Å². The number of amides is 1. The normalized spacial score (nSPS) is 27.6. The first-order valence-corrected chi connectivity index (χ1v) is 7.98. The third kappa shape index (κ3) is 3.26. The molecule has 7 nitrogen and oxygen atoms in total. The number of nitrogens with one attached hydrogen (secondary N) is 1. The number of methoxy groups -OCH3 is 1. The molecule has 1 fully saturated rings. The second-order valence-electron chi connectivity index (χ2n) is 6.53. The van der Waals surface area contributed by atoms with Gasteiger partial charge in [0.2, 0.25) is 5.60 Å². The molecule has 1 aromatic rings. The fourth-order valence-corrected chi connectivity index (χ4v) is 2.96. The maximum atomic E-state index is 13.4. The molecule has 1 amide bonds. The van der Waals surface area contributed by atoms with Crippen molar-refractivity contribution in [2.75, 3.05) is 20.3 Å². The van der Waals surface area contributed by atoms with Gasteiger partial charge in [0.15, 0.2) is 5.54 Å². The van der Waals surface area contributed by atoms with Gasteiger partial charge in [-0.3, -0.25) is 4.79 Å². The lowest BCUT2D eigenvalue weighted by molar-refractivity contribution is -0.155. The number of benzene rings is 1. The van der Waals surface area contributed by atoms with Crippen LogP contribution in [-0.2, 0) is 23.9 Å². The summed E-state index contributed by atoms with van der Waals surface area (Å²) in [4.78, 5) is 30.1. The Labute approximate surface area is 148 Å². The van der Waals surface area contributed by atoms with Crippen LogP contribution in [0.5, 0.6) is 0 Å². The number of nitrogens with zero attached hydrogens (tertiary/aromatic N) is 1. The van der Waals surface area contributed by atoms with Gasteiger partial charge in [-0.2, -0.15) is 0 Å². The van der Waals surface area contributed by atoms with E-state index in [1.165, 1.54) is 14.0 Å². The Morgan fingerprint density at radius 3 is 2.54 bits per heavy atom. The minimum absolute atomic E-state index is 0.00961. The first-order chi connectivity index (χ1) is 12.3. The van der Waals surface area contributed by atoms with Crippen LogP contribution in [0.4, 0.5) is 8.78 Å². The van der Waals surface area contributed by atoms with Crippen LogP contribution in [0.2, 0.25) is 0 Å². The van der Waals surface area contributed by atoms with E-state index in [0.717, 1.165) is 18.2 Å². The molecule has 0 bridgehead atoms. The monoisotopic (exact) mass is 368 g/mol. The molecular formula is C17H18F2N2O5. The van der Waals surface area contributed by atoms with Gasteiger partial charge in [-0.25, -0.2) is 13.6 Å².